The average molecular weight is 290 g/mol. The number of nitrogens with one attached hydrogen (secondary N) is 1. The molecule has 106 valence electrons. The van der Waals surface area contributed by atoms with Gasteiger partial charge in [-0.15, -0.1) is 0 Å². The van der Waals surface area contributed by atoms with E-state index in [4.69, 9.17) is 5.14 Å². The lowest BCUT2D eigenvalue weighted by Crippen LogP contribution is -2.18. The Kier molecular flexibility index (Phi) is 4.54. The van der Waals surface area contributed by atoms with Gasteiger partial charge in [0.1, 0.15) is 0 Å². The van der Waals surface area contributed by atoms with Gasteiger partial charge >= 0.3 is 0 Å². The molecule has 0 aliphatic heterocycles. The van der Waals surface area contributed by atoms with E-state index in [-0.39, 0.29) is 10.9 Å². The van der Waals surface area contributed by atoms with Gasteiger partial charge in [-0.25, -0.2) is 13.6 Å². The maximum Gasteiger partial charge on any atom is 0.238 e. The summed E-state index contributed by atoms with van der Waals surface area (Å²) in [4.78, 5) is 0.136. The molecule has 0 radical (unpaired) electrons. The van der Waals surface area contributed by atoms with Gasteiger partial charge in [0.25, 0.3) is 0 Å². The van der Waals surface area contributed by atoms with E-state index < -0.39 is 10.0 Å². The Labute approximate surface area is 119 Å². The molecule has 0 aliphatic rings. The molecule has 2 rings (SSSR count). The predicted octanol–water partition coefficient (Wildman–Crippen LogP) is 2.18. The molecule has 0 aromatic heterocycles. The predicted molar refractivity (Wildman–Crippen MR) is 79.5 cm³/mol. The summed E-state index contributed by atoms with van der Waals surface area (Å²) in [6.45, 7) is 2.76. The Balaban J connectivity index is 1.98. The SMILES string of the molecule is CC(NCc1ccc(S(N)(=O)=O)cc1)c1ccccc1. The van der Waals surface area contributed by atoms with E-state index >= 15 is 0 Å². The second kappa shape index (κ2) is 6.17. The van der Waals surface area contributed by atoms with Gasteiger partial charge in [-0.05, 0) is 30.2 Å². The molecule has 0 saturated carbocycles. The van der Waals surface area contributed by atoms with Gasteiger partial charge in [-0.2, -0.15) is 0 Å². The highest BCUT2D eigenvalue weighted by Crippen LogP contribution is 2.13. The summed E-state index contributed by atoms with van der Waals surface area (Å²) in [5, 5.41) is 8.45. The summed E-state index contributed by atoms with van der Waals surface area (Å²) in [6, 6.07) is 17.0. The summed E-state index contributed by atoms with van der Waals surface area (Å²) in [5.41, 5.74) is 2.23. The Bertz CT molecular complexity index is 652. The van der Waals surface area contributed by atoms with Gasteiger partial charge < -0.3 is 5.32 Å². The molecule has 3 N–H and O–H groups in total. The zero-order valence-electron chi connectivity index (χ0n) is 11.3. The molecule has 2 aromatic carbocycles. The maximum atomic E-state index is 11.2. The lowest BCUT2D eigenvalue weighted by molar-refractivity contribution is 0.574. The van der Waals surface area contributed by atoms with Crippen LogP contribution >= 0.6 is 0 Å². The van der Waals surface area contributed by atoms with E-state index in [2.05, 4.69) is 24.4 Å². The normalized spacial score (nSPS) is 13.1. The van der Waals surface area contributed by atoms with Crippen LogP contribution in [0.2, 0.25) is 0 Å². The molecule has 1 unspecified atom stereocenters. The van der Waals surface area contributed by atoms with E-state index in [0.717, 1.165) is 5.56 Å². The molecule has 0 bridgehead atoms. The van der Waals surface area contributed by atoms with Gasteiger partial charge in [-0.1, -0.05) is 42.5 Å². The molecule has 0 fully saturated rings. The van der Waals surface area contributed by atoms with Crippen molar-refractivity contribution in [2.75, 3.05) is 0 Å². The maximum absolute atomic E-state index is 11.2. The van der Waals surface area contributed by atoms with E-state index in [1.807, 2.05) is 18.2 Å². The molecule has 2 aromatic rings. The lowest BCUT2D eigenvalue weighted by Gasteiger charge is -2.14. The fourth-order valence-corrected chi connectivity index (χ4v) is 2.44. The minimum absolute atomic E-state index is 0.136. The fraction of sp³-hybridized carbons (Fsp3) is 0.200. The van der Waals surface area contributed by atoms with Crippen molar-refractivity contribution in [3.05, 3.63) is 65.7 Å². The van der Waals surface area contributed by atoms with Crippen LogP contribution in [0.15, 0.2) is 59.5 Å². The third-order valence-electron chi connectivity index (χ3n) is 3.16. The van der Waals surface area contributed by atoms with Gasteiger partial charge in [0.05, 0.1) is 4.90 Å². The number of hydrogen-bond acceptors (Lipinski definition) is 3. The second-order valence-corrected chi connectivity index (χ2v) is 6.26. The molecule has 0 spiro atoms. The van der Waals surface area contributed by atoms with Crippen molar-refractivity contribution in [1.29, 1.82) is 0 Å². The summed E-state index contributed by atoms with van der Waals surface area (Å²) in [6.07, 6.45) is 0. The van der Waals surface area contributed by atoms with Crippen molar-refractivity contribution in [1.82, 2.24) is 5.32 Å². The lowest BCUT2D eigenvalue weighted by atomic mass is 10.1. The van der Waals surface area contributed by atoms with Gasteiger partial charge in [0.2, 0.25) is 10.0 Å². The average Bonchev–Trinajstić information content (AvgIpc) is 2.45. The van der Waals surface area contributed by atoms with E-state index in [0.29, 0.717) is 6.54 Å². The summed E-state index contributed by atoms with van der Waals surface area (Å²) in [7, 11) is -3.61. The zero-order valence-corrected chi connectivity index (χ0v) is 12.1. The van der Waals surface area contributed by atoms with Crippen LogP contribution in [0.3, 0.4) is 0 Å². The summed E-state index contributed by atoms with van der Waals surface area (Å²) < 4.78 is 22.3. The summed E-state index contributed by atoms with van der Waals surface area (Å²) in [5.74, 6) is 0. The van der Waals surface area contributed by atoms with Crippen molar-refractivity contribution < 1.29 is 8.42 Å². The van der Waals surface area contributed by atoms with Crippen molar-refractivity contribution in [3.63, 3.8) is 0 Å². The molecule has 1 atom stereocenters. The largest absolute Gasteiger partial charge is 0.306 e. The van der Waals surface area contributed by atoms with Crippen LogP contribution in [0.1, 0.15) is 24.1 Å². The fourth-order valence-electron chi connectivity index (χ4n) is 1.93. The molecule has 0 aliphatic carbocycles. The van der Waals surface area contributed by atoms with Crippen molar-refractivity contribution in [3.8, 4) is 0 Å². The molecule has 4 nitrogen and oxygen atoms in total. The highest BCUT2D eigenvalue weighted by molar-refractivity contribution is 7.89. The van der Waals surface area contributed by atoms with Crippen molar-refractivity contribution in [2.45, 2.75) is 24.4 Å². The van der Waals surface area contributed by atoms with Gasteiger partial charge in [-0.3, -0.25) is 0 Å². The van der Waals surface area contributed by atoms with Crippen LogP contribution in [-0.2, 0) is 16.6 Å². The number of rotatable bonds is 5. The number of primary sulfonamides is 1. The molecular weight excluding hydrogens is 272 g/mol. The monoisotopic (exact) mass is 290 g/mol. The topological polar surface area (TPSA) is 72.2 Å². The Morgan fingerprint density at radius 1 is 1.05 bits per heavy atom. The van der Waals surface area contributed by atoms with Gasteiger partial charge in [0.15, 0.2) is 0 Å². The number of nitrogens with two attached hydrogens (primary N) is 1. The van der Waals surface area contributed by atoms with Crippen LogP contribution in [0, 0.1) is 0 Å². The zero-order chi connectivity index (χ0) is 14.6. The molecule has 0 amide bonds. The first-order valence-electron chi connectivity index (χ1n) is 6.37. The standard InChI is InChI=1S/C15H18N2O2S/c1-12(14-5-3-2-4-6-14)17-11-13-7-9-15(10-8-13)20(16,18)19/h2-10,12,17H,11H2,1H3,(H2,16,18,19). The highest BCUT2D eigenvalue weighted by Gasteiger charge is 2.07. The molecule has 20 heavy (non-hydrogen) atoms. The molecule has 0 saturated heterocycles. The van der Waals surface area contributed by atoms with E-state index in [1.165, 1.54) is 17.7 Å². The van der Waals surface area contributed by atoms with E-state index in [9.17, 15) is 8.42 Å². The van der Waals surface area contributed by atoms with Crippen LogP contribution in [0.4, 0.5) is 0 Å². The number of hydrogen-bond donors (Lipinski definition) is 2. The first kappa shape index (κ1) is 14.7. The Morgan fingerprint density at radius 3 is 2.20 bits per heavy atom. The van der Waals surface area contributed by atoms with Crippen LogP contribution in [0.25, 0.3) is 0 Å². The van der Waals surface area contributed by atoms with Crippen LogP contribution < -0.4 is 10.5 Å². The Morgan fingerprint density at radius 2 is 1.65 bits per heavy atom. The third-order valence-corrected chi connectivity index (χ3v) is 4.09. The molecule has 5 heteroatoms. The van der Waals surface area contributed by atoms with E-state index in [1.54, 1.807) is 12.1 Å². The van der Waals surface area contributed by atoms with Gasteiger partial charge in [0, 0.05) is 12.6 Å². The first-order chi connectivity index (χ1) is 9.47. The molecule has 0 heterocycles. The third kappa shape index (κ3) is 3.90. The van der Waals surface area contributed by atoms with Crippen LogP contribution in [0.5, 0.6) is 0 Å². The number of sulfonamides is 1. The summed E-state index contributed by atoms with van der Waals surface area (Å²) >= 11 is 0. The Hall–Kier alpha value is -1.69. The van der Waals surface area contributed by atoms with Crippen molar-refractivity contribution in [2.24, 2.45) is 5.14 Å². The quantitative estimate of drug-likeness (QED) is 0.886. The van der Waals surface area contributed by atoms with Crippen LogP contribution in [-0.4, -0.2) is 8.42 Å². The second-order valence-electron chi connectivity index (χ2n) is 4.70. The smallest absolute Gasteiger partial charge is 0.238 e. The minimum atomic E-state index is -3.61. The first-order valence-corrected chi connectivity index (χ1v) is 7.91. The minimum Gasteiger partial charge on any atom is -0.306 e. The van der Waals surface area contributed by atoms with Crippen molar-refractivity contribution >= 4 is 10.0 Å². The highest BCUT2D eigenvalue weighted by atomic mass is 32.2. The number of benzene rings is 2. The molecular formula is C15H18N2O2S.